The first-order valence-corrected chi connectivity index (χ1v) is 9.03. The van der Waals surface area contributed by atoms with E-state index in [0.717, 1.165) is 11.1 Å². The zero-order chi connectivity index (χ0) is 18.1. The van der Waals surface area contributed by atoms with Gasteiger partial charge in [0.1, 0.15) is 10.1 Å². The second-order valence-electron chi connectivity index (χ2n) is 5.70. The van der Waals surface area contributed by atoms with E-state index in [4.69, 9.17) is 17.0 Å². The number of rotatable bonds is 3. The number of aromatic nitrogens is 1. The zero-order valence-corrected chi connectivity index (χ0v) is 15.1. The number of carbonyl (C=O) groups excluding carboxylic acids is 2. The fourth-order valence-corrected chi connectivity index (χ4v) is 3.77. The maximum Gasteiger partial charge on any atom is 0.265 e. The number of benzene rings is 1. The molecule has 0 unspecified atom stereocenters. The van der Waals surface area contributed by atoms with Gasteiger partial charge in [0.15, 0.2) is 6.61 Å². The number of fused-ring (bicyclic) bond motifs is 1. The van der Waals surface area contributed by atoms with Gasteiger partial charge in [0.25, 0.3) is 11.8 Å². The lowest BCUT2D eigenvalue weighted by atomic mass is 10.1. The Kier molecular flexibility index (Phi) is 4.44. The Hall–Kier alpha value is -2.71. The van der Waals surface area contributed by atoms with Crippen LogP contribution in [0, 0.1) is 0 Å². The number of nitrogens with one attached hydrogen (secondary N) is 1. The van der Waals surface area contributed by atoms with Gasteiger partial charge < -0.3 is 15.0 Å². The third kappa shape index (κ3) is 3.33. The molecule has 4 rings (SSSR count). The zero-order valence-electron chi connectivity index (χ0n) is 13.5. The molecule has 0 spiro atoms. The lowest BCUT2D eigenvalue weighted by Gasteiger charge is -2.29. The first-order chi connectivity index (χ1) is 12.6. The number of pyridine rings is 1. The summed E-state index contributed by atoms with van der Waals surface area (Å²) >= 11 is 6.23. The number of carbonyl (C=O) groups is 2. The van der Waals surface area contributed by atoms with E-state index in [1.54, 1.807) is 23.4 Å². The van der Waals surface area contributed by atoms with Crippen molar-refractivity contribution in [2.75, 3.05) is 11.5 Å². The van der Waals surface area contributed by atoms with Crippen LogP contribution in [0.4, 0.5) is 5.69 Å². The van der Waals surface area contributed by atoms with Crippen molar-refractivity contribution in [2.24, 2.45) is 0 Å². The Morgan fingerprint density at radius 3 is 2.81 bits per heavy atom. The van der Waals surface area contributed by atoms with Crippen LogP contribution in [0.5, 0.6) is 5.75 Å². The molecule has 2 aromatic rings. The minimum absolute atomic E-state index is 0.00501. The number of hydrogen-bond donors (Lipinski definition) is 1. The molecule has 0 bridgehead atoms. The topological polar surface area (TPSA) is 71.5 Å². The van der Waals surface area contributed by atoms with Crippen molar-refractivity contribution >= 4 is 51.9 Å². The molecule has 0 atom stereocenters. The van der Waals surface area contributed by atoms with Gasteiger partial charge in [-0.3, -0.25) is 14.6 Å². The normalized spacial score (nSPS) is 17.9. The van der Waals surface area contributed by atoms with Crippen molar-refractivity contribution in [3.8, 4) is 5.75 Å². The predicted molar refractivity (Wildman–Crippen MR) is 104 cm³/mol. The second kappa shape index (κ2) is 6.89. The Morgan fingerprint density at radius 1 is 1.27 bits per heavy atom. The van der Waals surface area contributed by atoms with E-state index in [2.05, 4.69) is 10.3 Å². The number of amides is 2. The fourth-order valence-electron chi connectivity index (χ4n) is 2.73. The van der Waals surface area contributed by atoms with Crippen molar-refractivity contribution in [3.05, 3.63) is 58.8 Å². The van der Waals surface area contributed by atoms with Crippen LogP contribution in [0.15, 0.2) is 47.6 Å². The smallest absolute Gasteiger partial charge is 0.265 e. The quantitative estimate of drug-likeness (QED) is 0.649. The van der Waals surface area contributed by atoms with Crippen molar-refractivity contribution < 1.29 is 14.3 Å². The summed E-state index contributed by atoms with van der Waals surface area (Å²) in [6.07, 6.45) is 5.14. The number of anilines is 1. The molecule has 1 saturated heterocycles. The van der Waals surface area contributed by atoms with Crippen molar-refractivity contribution in [3.63, 3.8) is 0 Å². The molecule has 8 heteroatoms. The molecule has 26 heavy (non-hydrogen) atoms. The highest BCUT2D eigenvalue weighted by atomic mass is 32.2. The number of thioether (sulfide) groups is 1. The summed E-state index contributed by atoms with van der Waals surface area (Å²) < 4.78 is 5.98. The number of nitrogens with zero attached hydrogens (tertiary/aromatic N) is 2. The number of ether oxygens (including phenoxy) is 1. The van der Waals surface area contributed by atoms with Crippen LogP contribution >= 0.6 is 24.0 Å². The molecule has 0 aliphatic carbocycles. The maximum absolute atomic E-state index is 12.4. The first-order valence-electron chi connectivity index (χ1n) is 7.81. The molecule has 130 valence electrons. The summed E-state index contributed by atoms with van der Waals surface area (Å²) in [6, 6.07) is 9.24. The molecule has 2 aliphatic heterocycles. The van der Waals surface area contributed by atoms with Crippen LogP contribution in [-0.4, -0.2) is 27.7 Å². The molecule has 2 amide bonds. The van der Waals surface area contributed by atoms with Gasteiger partial charge in [0.2, 0.25) is 0 Å². The van der Waals surface area contributed by atoms with Gasteiger partial charge in [-0.05, 0) is 41.5 Å². The molecule has 2 aliphatic rings. The minimum Gasteiger partial charge on any atom is -0.482 e. The van der Waals surface area contributed by atoms with Crippen LogP contribution in [0.2, 0.25) is 0 Å². The molecule has 1 aromatic carbocycles. The summed E-state index contributed by atoms with van der Waals surface area (Å²) in [7, 11) is 0. The van der Waals surface area contributed by atoms with Gasteiger partial charge in [0, 0.05) is 12.4 Å². The van der Waals surface area contributed by atoms with E-state index in [9.17, 15) is 9.59 Å². The molecule has 3 heterocycles. The highest BCUT2D eigenvalue weighted by Gasteiger charge is 2.27. The predicted octanol–water partition coefficient (Wildman–Crippen LogP) is 2.50. The largest absolute Gasteiger partial charge is 0.482 e. The lowest BCUT2D eigenvalue weighted by Crippen LogP contribution is -2.38. The van der Waals surface area contributed by atoms with Crippen LogP contribution in [0.3, 0.4) is 0 Å². The Balaban J connectivity index is 1.68. The van der Waals surface area contributed by atoms with E-state index < -0.39 is 0 Å². The van der Waals surface area contributed by atoms with Gasteiger partial charge in [-0.2, -0.15) is 0 Å². The monoisotopic (exact) mass is 383 g/mol. The van der Waals surface area contributed by atoms with E-state index >= 15 is 0 Å². The summed E-state index contributed by atoms with van der Waals surface area (Å²) in [5, 5.41) is 2.59. The van der Waals surface area contributed by atoms with Crippen LogP contribution < -0.4 is 15.0 Å². The number of hydrogen-bond acceptors (Lipinski definition) is 6. The highest BCUT2D eigenvalue weighted by Crippen LogP contribution is 2.35. The van der Waals surface area contributed by atoms with E-state index in [1.165, 1.54) is 11.8 Å². The molecule has 1 aromatic heterocycles. The summed E-state index contributed by atoms with van der Waals surface area (Å²) in [5.41, 5.74) is 2.45. The fraction of sp³-hybridized carbons (Fsp3) is 0.111. The highest BCUT2D eigenvalue weighted by molar-refractivity contribution is 8.26. The van der Waals surface area contributed by atoms with Crippen LogP contribution in [0.25, 0.3) is 6.08 Å². The molecule has 0 radical (unpaired) electrons. The average molecular weight is 383 g/mol. The van der Waals surface area contributed by atoms with Crippen molar-refractivity contribution in [1.82, 2.24) is 10.3 Å². The molecule has 6 nitrogen and oxygen atoms in total. The van der Waals surface area contributed by atoms with E-state index in [1.807, 2.05) is 30.3 Å². The molecular formula is C18H13N3O3S2. The minimum atomic E-state index is -0.210. The van der Waals surface area contributed by atoms with Crippen molar-refractivity contribution in [2.45, 2.75) is 6.54 Å². The summed E-state index contributed by atoms with van der Waals surface area (Å²) in [4.78, 5) is 30.5. The van der Waals surface area contributed by atoms with Gasteiger partial charge in [-0.25, -0.2) is 0 Å². The second-order valence-corrected chi connectivity index (χ2v) is 7.42. The number of thiocarbonyl (C=S) groups is 1. The Labute approximate surface area is 159 Å². The third-order valence-corrected chi connectivity index (χ3v) is 5.12. The SMILES string of the molecule is O=C1NC(=S)SC1=Cc1ccc2c(c1)N(Cc1ccncc1)C(=O)CO2. The Bertz CT molecular complexity index is 944. The van der Waals surface area contributed by atoms with Crippen molar-refractivity contribution in [1.29, 1.82) is 0 Å². The molecule has 1 fully saturated rings. The van der Waals surface area contributed by atoms with Gasteiger partial charge in [-0.15, -0.1) is 0 Å². The molecule has 1 N–H and O–H groups in total. The van der Waals surface area contributed by atoms with Gasteiger partial charge in [0.05, 0.1) is 17.1 Å². The molecule has 0 saturated carbocycles. The van der Waals surface area contributed by atoms with Crippen LogP contribution in [0.1, 0.15) is 11.1 Å². The van der Waals surface area contributed by atoms with Gasteiger partial charge in [-0.1, -0.05) is 30.0 Å². The Morgan fingerprint density at radius 2 is 2.08 bits per heavy atom. The average Bonchev–Trinajstić information content (AvgIpc) is 2.95. The summed E-state index contributed by atoms with van der Waals surface area (Å²) in [6.45, 7) is 0.433. The maximum atomic E-state index is 12.4. The van der Waals surface area contributed by atoms with E-state index in [0.29, 0.717) is 27.2 Å². The van der Waals surface area contributed by atoms with Gasteiger partial charge >= 0.3 is 0 Å². The van der Waals surface area contributed by atoms with E-state index in [-0.39, 0.29) is 18.4 Å². The lowest BCUT2D eigenvalue weighted by molar-refractivity contribution is -0.121. The molecular weight excluding hydrogens is 370 g/mol. The first kappa shape index (κ1) is 16.7. The standard InChI is InChI=1S/C18H13N3O3S2/c22-16-10-24-14-2-1-12(8-15-17(23)20-18(25)26-15)7-13(14)21(16)9-11-3-5-19-6-4-11/h1-8H,9-10H2,(H,20,23,25). The van der Waals surface area contributed by atoms with Crippen LogP contribution in [-0.2, 0) is 16.1 Å². The third-order valence-electron chi connectivity index (χ3n) is 3.96. The summed E-state index contributed by atoms with van der Waals surface area (Å²) in [5.74, 6) is 0.312.